The van der Waals surface area contributed by atoms with E-state index in [1.165, 1.54) is 103 Å². The van der Waals surface area contributed by atoms with Gasteiger partial charge in [0.15, 0.2) is 18.9 Å². The molecule has 17 atom stereocenters. The standard InChI is InChI=1S/C65H117NO18/c1-3-5-7-9-11-13-15-17-19-21-23-25-26-28-30-32-34-36-38-40-42-49(70)48(66-53(71)43-41-39-37-35-33-31-29-27-24-22-20-18-16-14-12-10-8-6-4-2)47-79-63-59(77)56(74)61(51(45-68)81-63)84-65-60(78)57(75)62(52(46-69)82-65)83-64-58(76)55(73)54(72)50(44-67)80-64/h6,8,12,14,18,20,24,27,48-52,54-65,67-70,72-78H,3-5,7,9-11,13,15-17,19,21-23,25-26,28-47H2,1-2H3,(H,66,71)/b8-6-,14-12-,20-18-,27-24-. The minimum atomic E-state index is -1.97. The van der Waals surface area contributed by atoms with Gasteiger partial charge in [0.25, 0.3) is 0 Å². The molecule has 3 aliphatic heterocycles. The summed E-state index contributed by atoms with van der Waals surface area (Å²) < 4.78 is 34.4. The lowest BCUT2D eigenvalue weighted by atomic mass is 9.96. The average Bonchev–Trinajstić information content (AvgIpc) is 2.79. The predicted molar refractivity (Wildman–Crippen MR) is 323 cm³/mol. The minimum Gasteiger partial charge on any atom is -0.394 e. The lowest BCUT2D eigenvalue weighted by molar-refractivity contribution is -0.379. The van der Waals surface area contributed by atoms with Crippen molar-refractivity contribution >= 4 is 5.91 Å². The van der Waals surface area contributed by atoms with Gasteiger partial charge in [-0.05, 0) is 51.4 Å². The van der Waals surface area contributed by atoms with E-state index in [2.05, 4.69) is 67.8 Å². The van der Waals surface area contributed by atoms with E-state index in [4.69, 9.17) is 28.4 Å². The molecule has 12 N–H and O–H groups in total. The summed E-state index contributed by atoms with van der Waals surface area (Å²) in [6, 6.07) is -0.897. The second kappa shape index (κ2) is 47.7. The summed E-state index contributed by atoms with van der Waals surface area (Å²) in [5.74, 6) is -0.257. The Bertz CT molecular complexity index is 1720. The number of nitrogens with one attached hydrogen (secondary N) is 1. The van der Waals surface area contributed by atoms with Crippen LogP contribution in [0.15, 0.2) is 48.6 Å². The van der Waals surface area contributed by atoms with Crippen LogP contribution in [0.2, 0.25) is 0 Å². The number of aliphatic hydroxyl groups excluding tert-OH is 11. The van der Waals surface area contributed by atoms with Crippen LogP contribution < -0.4 is 5.32 Å². The van der Waals surface area contributed by atoms with E-state index in [0.717, 1.165) is 89.9 Å². The third kappa shape index (κ3) is 30.3. The molecule has 0 aromatic heterocycles. The van der Waals surface area contributed by atoms with Gasteiger partial charge in [0, 0.05) is 6.42 Å². The number of amides is 1. The molecule has 0 spiro atoms. The Labute approximate surface area is 503 Å². The van der Waals surface area contributed by atoms with E-state index < -0.39 is 124 Å². The molecule has 3 saturated heterocycles. The Morgan fingerprint density at radius 1 is 0.440 bits per heavy atom. The highest BCUT2D eigenvalue weighted by Crippen LogP contribution is 2.33. The summed E-state index contributed by atoms with van der Waals surface area (Å²) in [5.41, 5.74) is 0. The Balaban J connectivity index is 1.47. The molecule has 0 radical (unpaired) electrons. The van der Waals surface area contributed by atoms with Gasteiger partial charge in [0.2, 0.25) is 5.91 Å². The topological polar surface area (TPSA) is 307 Å². The van der Waals surface area contributed by atoms with E-state index in [-0.39, 0.29) is 18.9 Å². The number of hydrogen-bond donors (Lipinski definition) is 12. The predicted octanol–water partition coefficient (Wildman–Crippen LogP) is 7.43. The number of unbranched alkanes of at least 4 members (excludes halogenated alkanes) is 25. The highest BCUT2D eigenvalue weighted by atomic mass is 16.8. The molecule has 0 aromatic rings. The molecule has 0 aromatic carbocycles. The first-order valence-electron chi connectivity index (χ1n) is 32.9. The van der Waals surface area contributed by atoms with Gasteiger partial charge in [-0.1, -0.05) is 217 Å². The van der Waals surface area contributed by atoms with Crippen molar-refractivity contribution in [1.29, 1.82) is 0 Å². The smallest absolute Gasteiger partial charge is 0.220 e. The molecule has 3 rings (SSSR count). The Morgan fingerprint density at radius 3 is 1.29 bits per heavy atom. The third-order valence-electron chi connectivity index (χ3n) is 16.4. The molecule has 0 bridgehead atoms. The maximum Gasteiger partial charge on any atom is 0.220 e. The number of rotatable bonds is 49. The first-order chi connectivity index (χ1) is 40.8. The molecule has 19 nitrogen and oxygen atoms in total. The van der Waals surface area contributed by atoms with Crippen LogP contribution in [0.25, 0.3) is 0 Å². The van der Waals surface area contributed by atoms with Crippen molar-refractivity contribution in [3.8, 4) is 0 Å². The molecule has 0 aliphatic carbocycles. The normalized spacial score (nSPS) is 29.5. The maximum absolute atomic E-state index is 13.4. The number of aliphatic hydroxyl groups is 11. The summed E-state index contributed by atoms with van der Waals surface area (Å²) in [6.45, 7) is 1.68. The van der Waals surface area contributed by atoms with Gasteiger partial charge in [0.1, 0.15) is 73.2 Å². The zero-order valence-electron chi connectivity index (χ0n) is 51.4. The third-order valence-corrected chi connectivity index (χ3v) is 16.4. The monoisotopic (exact) mass is 1200 g/mol. The van der Waals surface area contributed by atoms with Crippen molar-refractivity contribution in [3.63, 3.8) is 0 Å². The molecule has 84 heavy (non-hydrogen) atoms. The van der Waals surface area contributed by atoms with E-state index in [1.54, 1.807) is 0 Å². The number of carbonyl (C=O) groups is 1. The number of hydrogen-bond acceptors (Lipinski definition) is 18. The Morgan fingerprint density at radius 2 is 0.821 bits per heavy atom. The summed E-state index contributed by atoms with van der Waals surface area (Å²) in [4.78, 5) is 13.4. The van der Waals surface area contributed by atoms with Crippen molar-refractivity contribution in [2.45, 2.75) is 330 Å². The molecule has 17 unspecified atom stereocenters. The van der Waals surface area contributed by atoms with E-state index in [0.29, 0.717) is 12.8 Å². The van der Waals surface area contributed by atoms with Crippen LogP contribution in [0.3, 0.4) is 0 Å². The van der Waals surface area contributed by atoms with Crippen LogP contribution >= 0.6 is 0 Å². The molecule has 3 aliphatic rings. The zero-order chi connectivity index (χ0) is 61.2. The van der Waals surface area contributed by atoms with Crippen LogP contribution in [0, 0.1) is 0 Å². The van der Waals surface area contributed by atoms with Crippen LogP contribution in [0.1, 0.15) is 226 Å². The van der Waals surface area contributed by atoms with E-state index in [9.17, 15) is 61.0 Å². The van der Waals surface area contributed by atoms with E-state index in [1.807, 2.05) is 0 Å². The molecule has 0 saturated carbocycles. The fourth-order valence-corrected chi connectivity index (χ4v) is 11.1. The van der Waals surface area contributed by atoms with Gasteiger partial charge in [-0.25, -0.2) is 0 Å². The van der Waals surface area contributed by atoms with Gasteiger partial charge in [-0.3, -0.25) is 4.79 Å². The minimum absolute atomic E-state index is 0.249. The fraction of sp³-hybridized carbons (Fsp3) is 0.862. The van der Waals surface area contributed by atoms with Crippen LogP contribution in [-0.4, -0.2) is 193 Å². The number of ether oxygens (including phenoxy) is 6. The molecular formula is C65H117NO18. The molecule has 3 heterocycles. The molecule has 1 amide bonds. The summed E-state index contributed by atoms with van der Waals surface area (Å²) in [6.07, 6.45) is 27.5. The summed E-state index contributed by atoms with van der Waals surface area (Å²) >= 11 is 0. The number of carbonyl (C=O) groups excluding carboxylic acids is 1. The van der Waals surface area contributed by atoms with Crippen molar-refractivity contribution < 1.29 is 89.4 Å². The van der Waals surface area contributed by atoms with Crippen molar-refractivity contribution in [3.05, 3.63) is 48.6 Å². The molecule has 19 heteroatoms. The van der Waals surface area contributed by atoms with Crippen molar-refractivity contribution in [2.24, 2.45) is 0 Å². The zero-order valence-corrected chi connectivity index (χ0v) is 51.4. The quantitative estimate of drug-likeness (QED) is 0.0208. The summed E-state index contributed by atoms with van der Waals surface area (Å²) in [7, 11) is 0. The van der Waals surface area contributed by atoms with Crippen molar-refractivity contribution in [1.82, 2.24) is 5.32 Å². The van der Waals surface area contributed by atoms with Gasteiger partial charge in [0.05, 0.1) is 38.6 Å². The Hall–Kier alpha value is -2.25. The molecule has 3 fully saturated rings. The second-order valence-electron chi connectivity index (χ2n) is 23.6. The second-order valence-corrected chi connectivity index (χ2v) is 23.6. The average molecular weight is 1200 g/mol. The highest BCUT2D eigenvalue weighted by molar-refractivity contribution is 5.76. The van der Waals surface area contributed by atoms with Crippen LogP contribution in [0.5, 0.6) is 0 Å². The van der Waals surface area contributed by atoms with Gasteiger partial charge in [-0.2, -0.15) is 0 Å². The van der Waals surface area contributed by atoms with Gasteiger partial charge >= 0.3 is 0 Å². The SMILES string of the molecule is CC/C=C\C/C=C\C/C=C\C/C=C\CCCCCCCCC(=O)NC(COC1OC(CO)C(OC2OC(CO)C(OC3OC(CO)C(O)C(O)C3O)C(O)C2O)C(O)C1O)C(O)CCCCCCCCCCCCCCCCCCCCCC. The summed E-state index contributed by atoms with van der Waals surface area (Å²) in [5, 5.41) is 121. The van der Waals surface area contributed by atoms with Crippen LogP contribution in [0.4, 0.5) is 0 Å². The first-order valence-corrected chi connectivity index (χ1v) is 32.9. The van der Waals surface area contributed by atoms with E-state index >= 15 is 0 Å². The maximum atomic E-state index is 13.4. The lowest BCUT2D eigenvalue weighted by Gasteiger charge is -2.48. The lowest BCUT2D eigenvalue weighted by Crippen LogP contribution is -2.66. The highest BCUT2D eigenvalue weighted by Gasteiger charge is 2.53. The largest absolute Gasteiger partial charge is 0.394 e. The van der Waals surface area contributed by atoms with Gasteiger partial charge in [-0.15, -0.1) is 0 Å². The number of allylic oxidation sites excluding steroid dienone is 8. The Kier molecular flexibility index (Phi) is 43.2. The van der Waals surface area contributed by atoms with Crippen molar-refractivity contribution in [2.75, 3.05) is 26.4 Å². The molecule has 490 valence electrons. The molecular weight excluding hydrogens is 1080 g/mol. The van der Waals surface area contributed by atoms with Gasteiger partial charge < -0.3 is 89.9 Å². The fourth-order valence-electron chi connectivity index (χ4n) is 11.1. The van der Waals surface area contributed by atoms with Crippen LogP contribution in [-0.2, 0) is 33.2 Å². The first kappa shape index (κ1) is 76.0.